The molecule has 0 amide bonds. The molecule has 2 heterocycles. The van der Waals surface area contributed by atoms with Crippen LogP contribution in [0.25, 0.3) is 0 Å². The van der Waals surface area contributed by atoms with Gasteiger partial charge in [0, 0.05) is 0 Å². The Morgan fingerprint density at radius 2 is 2.50 bits per heavy atom. The van der Waals surface area contributed by atoms with Gasteiger partial charge in [0.15, 0.2) is 0 Å². The van der Waals surface area contributed by atoms with Gasteiger partial charge in [-0.15, -0.1) is 0 Å². The molecule has 2 atom stereocenters. The van der Waals surface area contributed by atoms with Crippen molar-refractivity contribution < 1.29 is 14.3 Å². The van der Waals surface area contributed by atoms with Crippen LogP contribution in [0.2, 0.25) is 0 Å². The van der Waals surface area contributed by atoms with Crippen molar-refractivity contribution in [3.8, 4) is 0 Å². The van der Waals surface area contributed by atoms with Gasteiger partial charge in [-0.1, -0.05) is 0 Å². The molecule has 2 aliphatic rings. The minimum Gasteiger partial charge on any atom is -0.343 e. The zero-order chi connectivity index (χ0) is 7.14. The van der Waals surface area contributed by atoms with E-state index in [-0.39, 0.29) is 11.9 Å². The molecular weight excluding hydrogens is 247 g/mol. The zero-order valence-electron chi connectivity index (χ0n) is 5.04. The van der Waals surface area contributed by atoms with Gasteiger partial charge >= 0.3 is 0 Å². The van der Waals surface area contributed by atoms with E-state index in [0.29, 0.717) is 6.61 Å². The van der Waals surface area contributed by atoms with Crippen LogP contribution in [0.15, 0.2) is 9.66 Å². The Kier molecular flexibility index (Phi) is 1.54. The maximum absolute atomic E-state index is 11.1. The van der Waals surface area contributed by atoms with Crippen molar-refractivity contribution >= 4 is 28.4 Å². The number of ketones is 1. The maximum Gasteiger partial charge on any atom is 0.224 e. The molecule has 2 unspecified atom stereocenters. The Balaban J connectivity index is 2.33. The molecule has 0 saturated carbocycles. The van der Waals surface area contributed by atoms with E-state index in [9.17, 15) is 4.79 Å². The van der Waals surface area contributed by atoms with Crippen LogP contribution in [0, 0.1) is 0 Å². The van der Waals surface area contributed by atoms with Crippen LogP contribution in [0.5, 0.6) is 0 Å². The molecule has 0 aromatic carbocycles. The number of fused-ring (bicyclic) bond motifs is 2. The lowest BCUT2D eigenvalue weighted by atomic mass is 10.2. The summed E-state index contributed by atoms with van der Waals surface area (Å²) in [7, 11) is 0. The van der Waals surface area contributed by atoms with Crippen LogP contribution in [0.3, 0.4) is 0 Å². The summed E-state index contributed by atoms with van der Waals surface area (Å²) in [5.74, 6) is -0.0469. The number of carbonyl (C=O) groups excluding carboxylic acids is 1. The molecule has 10 heavy (non-hydrogen) atoms. The molecule has 54 valence electrons. The average molecular weight is 252 g/mol. The zero-order valence-corrected chi connectivity index (χ0v) is 7.20. The second kappa shape index (κ2) is 2.28. The third-order valence-corrected chi connectivity index (χ3v) is 2.38. The monoisotopic (exact) mass is 252 g/mol. The molecule has 2 aliphatic heterocycles. The van der Waals surface area contributed by atoms with Crippen LogP contribution in [-0.2, 0) is 14.3 Å². The Hall–Kier alpha value is 0.0600. The molecule has 0 radical (unpaired) electrons. The largest absolute Gasteiger partial charge is 0.343 e. The van der Waals surface area contributed by atoms with Gasteiger partial charge in [-0.05, 0) is 28.7 Å². The quantitative estimate of drug-likeness (QED) is 0.593. The molecule has 1 fully saturated rings. The minimum absolute atomic E-state index is 0.00889. The second-order valence-electron chi connectivity index (χ2n) is 2.22. The van der Waals surface area contributed by atoms with Crippen LogP contribution < -0.4 is 0 Å². The SMILES string of the molecule is O=C1C(I)=CC2COC1O2. The van der Waals surface area contributed by atoms with Crippen LogP contribution >= 0.6 is 22.6 Å². The van der Waals surface area contributed by atoms with Gasteiger partial charge in [-0.25, -0.2) is 0 Å². The van der Waals surface area contributed by atoms with E-state index in [1.54, 1.807) is 6.08 Å². The molecule has 2 bridgehead atoms. The lowest BCUT2D eigenvalue weighted by molar-refractivity contribution is -0.141. The summed E-state index contributed by atoms with van der Waals surface area (Å²) in [5, 5.41) is 0. The van der Waals surface area contributed by atoms with Crippen molar-refractivity contribution in [2.45, 2.75) is 12.4 Å². The van der Waals surface area contributed by atoms with E-state index in [1.165, 1.54) is 0 Å². The summed E-state index contributed by atoms with van der Waals surface area (Å²) in [5.41, 5.74) is 0. The summed E-state index contributed by atoms with van der Waals surface area (Å²) in [6, 6.07) is 0. The van der Waals surface area contributed by atoms with Crippen molar-refractivity contribution in [3.05, 3.63) is 9.66 Å². The molecule has 0 spiro atoms. The Morgan fingerprint density at radius 1 is 1.70 bits per heavy atom. The molecule has 0 aromatic rings. The van der Waals surface area contributed by atoms with Gasteiger partial charge in [0.05, 0.1) is 10.2 Å². The van der Waals surface area contributed by atoms with E-state index >= 15 is 0 Å². The number of hydrogen-bond donors (Lipinski definition) is 0. The number of rotatable bonds is 0. The fourth-order valence-corrected chi connectivity index (χ4v) is 1.66. The Bertz CT molecular complexity index is 211. The van der Waals surface area contributed by atoms with Crippen LogP contribution in [-0.4, -0.2) is 24.8 Å². The Labute approximate surface area is 71.5 Å². The van der Waals surface area contributed by atoms with E-state index in [0.717, 1.165) is 3.58 Å². The maximum atomic E-state index is 11.1. The van der Waals surface area contributed by atoms with Crippen molar-refractivity contribution in [2.24, 2.45) is 0 Å². The summed E-state index contributed by atoms with van der Waals surface area (Å²) < 4.78 is 10.9. The first-order valence-electron chi connectivity index (χ1n) is 2.96. The summed E-state index contributed by atoms with van der Waals surface area (Å²) in [6.07, 6.45) is 1.20. The fourth-order valence-electron chi connectivity index (χ4n) is 1.00. The highest BCUT2D eigenvalue weighted by molar-refractivity contribution is 14.1. The minimum atomic E-state index is -0.609. The molecule has 0 aromatic heterocycles. The predicted molar refractivity (Wildman–Crippen MR) is 41.7 cm³/mol. The third-order valence-electron chi connectivity index (χ3n) is 1.49. The number of hydrogen-bond acceptors (Lipinski definition) is 3. The van der Waals surface area contributed by atoms with Crippen molar-refractivity contribution in [3.63, 3.8) is 0 Å². The lowest BCUT2D eigenvalue weighted by Crippen LogP contribution is -2.26. The Morgan fingerprint density at radius 3 is 3.30 bits per heavy atom. The number of Topliss-reactive ketones (excluding diaryl/α,β-unsaturated/α-hetero) is 1. The second-order valence-corrected chi connectivity index (χ2v) is 3.38. The highest BCUT2D eigenvalue weighted by Crippen LogP contribution is 2.26. The van der Waals surface area contributed by atoms with E-state index in [2.05, 4.69) is 0 Å². The first-order chi connectivity index (χ1) is 4.77. The average Bonchev–Trinajstić information content (AvgIpc) is 2.29. The molecule has 4 heteroatoms. The highest BCUT2D eigenvalue weighted by atomic mass is 127. The van der Waals surface area contributed by atoms with Crippen LogP contribution in [0.4, 0.5) is 0 Å². The van der Waals surface area contributed by atoms with Crippen molar-refractivity contribution in [2.75, 3.05) is 6.61 Å². The van der Waals surface area contributed by atoms with Gasteiger partial charge < -0.3 is 9.47 Å². The number of halogens is 1. The summed E-state index contributed by atoms with van der Waals surface area (Å²) >= 11 is 2.00. The molecule has 0 N–H and O–H groups in total. The van der Waals surface area contributed by atoms with Crippen LogP contribution in [0.1, 0.15) is 0 Å². The molecular formula is C6H5IO3. The molecule has 3 nitrogen and oxygen atoms in total. The first kappa shape index (κ1) is 6.75. The van der Waals surface area contributed by atoms with E-state index < -0.39 is 6.29 Å². The third kappa shape index (κ3) is 0.906. The standard InChI is InChI=1S/C6H5IO3/c7-4-1-3-2-9-6(10-3)5(4)8/h1,3,6H,2H2. The molecule has 0 aliphatic carbocycles. The van der Waals surface area contributed by atoms with Gasteiger partial charge in [0.2, 0.25) is 12.1 Å². The normalized spacial score (nSPS) is 38.1. The first-order valence-corrected chi connectivity index (χ1v) is 4.04. The summed E-state index contributed by atoms with van der Waals surface area (Å²) in [4.78, 5) is 11.1. The van der Waals surface area contributed by atoms with Gasteiger partial charge in [-0.2, -0.15) is 0 Å². The highest BCUT2D eigenvalue weighted by Gasteiger charge is 2.36. The summed E-state index contributed by atoms with van der Waals surface area (Å²) in [6.45, 7) is 0.517. The van der Waals surface area contributed by atoms with Gasteiger partial charge in [0.1, 0.15) is 6.10 Å². The van der Waals surface area contributed by atoms with Crippen molar-refractivity contribution in [1.82, 2.24) is 0 Å². The molecule has 1 saturated heterocycles. The van der Waals surface area contributed by atoms with Crippen molar-refractivity contribution in [1.29, 1.82) is 0 Å². The molecule has 2 rings (SSSR count). The van der Waals surface area contributed by atoms with E-state index in [4.69, 9.17) is 9.47 Å². The fraction of sp³-hybridized carbons (Fsp3) is 0.500. The number of ether oxygens (including phenoxy) is 2. The topological polar surface area (TPSA) is 35.5 Å². The van der Waals surface area contributed by atoms with E-state index in [1.807, 2.05) is 22.6 Å². The van der Waals surface area contributed by atoms with Gasteiger partial charge in [0.25, 0.3) is 0 Å². The predicted octanol–water partition coefficient (Wildman–Crippen LogP) is 0.629. The van der Waals surface area contributed by atoms with Gasteiger partial charge in [-0.3, -0.25) is 4.79 Å². The number of carbonyl (C=O) groups is 1. The smallest absolute Gasteiger partial charge is 0.224 e. The lowest BCUT2D eigenvalue weighted by Gasteiger charge is -2.12.